The number of hydrogen-bond acceptors (Lipinski definition) is 6. The molecule has 252 valence electrons. The fraction of sp³-hybridized carbons (Fsp3) is 0.257. The molecule has 1 aliphatic heterocycles. The topological polar surface area (TPSA) is 102 Å². The molecule has 13 heteroatoms. The number of rotatable bonds is 10. The van der Waals surface area contributed by atoms with Gasteiger partial charge in [-0.2, -0.15) is 13.2 Å². The van der Waals surface area contributed by atoms with Crippen LogP contribution in [0.3, 0.4) is 0 Å². The summed E-state index contributed by atoms with van der Waals surface area (Å²) in [6, 6.07) is 20.9. The predicted octanol–water partition coefficient (Wildman–Crippen LogP) is 6.79. The number of halogens is 4. The number of nitrogens with zero attached hydrogens (tertiary/aromatic N) is 1. The van der Waals surface area contributed by atoms with Gasteiger partial charge in [0.25, 0.3) is 10.0 Å². The highest BCUT2D eigenvalue weighted by atomic mass is 35.5. The SMILES string of the molecule is COC(=O)C(C)(C)c1ccc(OCCNC(=O)[C@@H]2Cc3ccccc3N2S(=O)(=O)c2ccc(-c3cc(C(F)(F)F)ccc3Cl)cc2)cc1. The Balaban J connectivity index is 1.29. The quantitative estimate of drug-likeness (QED) is 0.144. The Labute approximate surface area is 281 Å². The minimum atomic E-state index is -4.58. The van der Waals surface area contributed by atoms with Crippen LogP contribution in [-0.2, 0) is 42.4 Å². The molecule has 5 rings (SSSR count). The van der Waals surface area contributed by atoms with Crippen molar-refractivity contribution in [2.75, 3.05) is 24.6 Å². The maximum Gasteiger partial charge on any atom is 0.416 e. The summed E-state index contributed by atoms with van der Waals surface area (Å²) in [7, 11) is -2.96. The van der Waals surface area contributed by atoms with Crippen LogP contribution in [-0.4, -0.2) is 46.6 Å². The van der Waals surface area contributed by atoms with Gasteiger partial charge in [0.2, 0.25) is 5.91 Å². The molecule has 0 aliphatic carbocycles. The van der Waals surface area contributed by atoms with Gasteiger partial charge in [-0.3, -0.25) is 13.9 Å². The Bertz CT molecular complexity index is 1930. The summed E-state index contributed by atoms with van der Waals surface area (Å²) in [4.78, 5) is 25.4. The van der Waals surface area contributed by atoms with Crippen LogP contribution in [0, 0.1) is 0 Å². The second kappa shape index (κ2) is 13.5. The molecule has 0 fully saturated rings. The fourth-order valence-corrected chi connectivity index (χ4v) is 7.37. The van der Waals surface area contributed by atoms with Crippen molar-refractivity contribution in [1.29, 1.82) is 0 Å². The van der Waals surface area contributed by atoms with E-state index in [1.165, 1.54) is 31.4 Å². The van der Waals surface area contributed by atoms with Gasteiger partial charge in [0.05, 0.1) is 35.2 Å². The zero-order chi connectivity index (χ0) is 34.9. The van der Waals surface area contributed by atoms with E-state index in [9.17, 15) is 31.2 Å². The molecule has 0 radical (unpaired) electrons. The van der Waals surface area contributed by atoms with E-state index in [4.69, 9.17) is 21.1 Å². The van der Waals surface area contributed by atoms with E-state index in [0.717, 1.165) is 28.1 Å². The summed E-state index contributed by atoms with van der Waals surface area (Å²) in [6.45, 7) is 3.68. The lowest BCUT2D eigenvalue weighted by molar-refractivity contribution is -0.146. The average Bonchev–Trinajstić information content (AvgIpc) is 3.47. The molecule has 0 spiro atoms. The van der Waals surface area contributed by atoms with E-state index >= 15 is 0 Å². The minimum absolute atomic E-state index is 0.0762. The molecule has 0 saturated carbocycles. The molecule has 4 aromatic carbocycles. The molecular formula is C35H32ClF3N2O6S. The summed E-state index contributed by atoms with van der Waals surface area (Å²) < 4.78 is 79.6. The molecule has 0 aromatic heterocycles. The molecule has 0 bridgehead atoms. The summed E-state index contributed by atoms with van der Waals surface area (Å²) >= 11 is 6.19. The van der Waals surface area contributed by atoms with Gasteiger partial charge in [0, 0.05) is 17.0 Å². The molecule has 8 nitrogen and oxygen atoms in total. The van der Waals surface area contributed by atoms with Crippen LogP contribution < -0.4 is 14.4 Å². The number of hydrogen-bond donors (Lipinski definition) is 1. The Morgan fingerprint density at radius 1 is 0.938 bits per heavy atom. The van der Waals surface area contributed by atoms with Crippen molar-refractivity contribution >= 4 is 39.2 Å². The lowest BCUT2D eigenvalue weighted by atomic mass is 9.85. The highest BCUT2D eigenvalue weighted by Gasteiger charge is 2.42. The van der Waals surface area contributed by atoms with Gasteiger partial charge in [0.1, 0.15) is 18.4 Å². The van der Waals surface area contributed by atoms with Gasteiger partial charge in [0.15, 0.2) is 0 Å². The first-order valence-electron chi connectivity index (χ1n) is 14.8. The summed E-state index contributed by atoms with van der Waals surface area (Å²) in [5.41, 5.74) is 0.430. The largest absolute Gasteiger partial charge is 0.492 e. The number of sulfonamides is 1. The maximum absolute atomic E-state index is 14.0. The van der Waals surface area contributed by atoms with Crippen LogP contribution >= 0.6 is 11.6 Å². The third-order valence-corrected chi connectivity index (χ3v) is 10.4. The standard InChI is InChI=1S/C35H32ClF3N2O6S/c1-34(2,33(43)46-3)24-10-13-26(14-11-24)47-19-18-40-32(42)31-20-23-6-4-5-7-30(23)41(31)48(44,45)27-15-8-22(9-16-27)28-21-25(35(37,38)39)12-17-29(28)36/h4-17,21,31H,18-20H2,1-3H3,(H,40,42)/t31-/m0/s1. The first-order chi connectivity index (χ1) is 22.6. The number of esters is 1. The second-order valence-corrected chi connectivity index (χ2v) is 13.9. The van der Waals surface area contributed by atoms with Gasteiger partial charge in [-0.05, 0) is 79.1 Å². The summed E-state index contributed by atoms with van der Waals surface area (Å²) in [5, 5.41) is 2.83. The molecule has 1 N–H and O–H groups in total. The Kier molecular flexibility index (Phi) is 9.79. The van der Waals surface area contributed by atoms with E-state index in [1.54, 1.807) is 62.4 Å². The van der Waals surface area contributed by atoms with E-state index in [2.05, 4.69) is 5.32 Å². The van der Waals surface area contributed by atoms with Gasteiger partial charge < -0.3 is 14.8 Å². The number of amides is 1. The molecule has 1 aliphatic rings. The van der Waals surface area contributed by atoms with Gasteiger partial charge in [-0.25, -0.2) is 8.42 Å². The normalized spacial score (nSPS) is 14.7. The molecule has 0 saturated heterocycles. The van der Waals surface area contributed by atoms with Gasteiger partial charge >= 0.3 is 12.1 Å². The van der Waals surface area contributed by atoms with Crippen LogP contribution in [0.15, 0.2) is 95.9 Å². The number of benzene rings is 4. The molecule has 1 amide bonds. The van der Waals surface area contributed by atoms with Crippen molar-refractivity contribution in [3.8, 4) is 16.9 Å². The Morgan fingerprint density at radius 2 is 1.58 bits per heavy atom. The third kappa shape index (κ3) is 7.00. The summed E-state index contributed by atoms with van der Waals surface area (Å²) in [5.74, 6) is -0.386. The van der Waals surface area contributed by atoms with Crippen molar-refractivity contribution in [1.82, 2.24) is 5.32 Å². The number of carbonyl (C=O) groups is 2. The fourth-order valence-electron chi connectivity index (χ4n) is 5.50. The lowest BCUT2D eigenvalue weighted by Gasteiger charge is -2.26. The minimum Gasteiger partial charge on any atom is -0.492 e. The maximum atomic E-state index is 14.0. The number of ether oxygens (including phenoxy) is 2. The Hall–Kier alpha value is -4.55. The van der Waals surface area contributed by atoms with E-state index in [-0.39, 0.29) is 41.0 Å². The zero-order valence-corrected chi connectivity index (χ0v) is 27.7. The molecule has 1 heterocycles. The second-order valence-electron chi connectivity index (χ2n) is 11.6. The lowest BCUT2D eigenvalue weighted by Crippen LogP contribution is -2.48. The molecule has 48 heavy (non-hydrogen) atoms. The van der Waals surface area contributed by atoms with Gasteiger partial charge in [-0.1, -0.05) is 54.1 Å². The van der Waals surface area contributed by atoms with Crippen molar-refractivity contribution < 1.29 is 40.7 Å². The smallest absolute Gasteiger partial charge is 0.416 e. The van der Waals surface area contributed by atoms with E-state index in [1.807, 2.05) is 0 Å². The Morgan fingerprint density at radius 3 is 2.23 bits per heavy atom. The zero-order valence-electron chi connectivity index (χ0n) is 26.2. The number of para-hydroxylation sites is 1. The van der Waals surface area contributed by atoms with Crippen LogP contribution in [0.5, 0.6) is 5.75 Å². The number of anilines is 1. The highest BCUT2D eigenvalue weighted by Crippen LogP contribution is 2.39. The number of alkyl halides is 3. The molecule has 0 unspecified atom stereocenters. The summed E-state index contributed by atoms with van der Waals surface area (Å²) in [6.07, 6.45) is -4.44. The first-order valence-corrected chi connectivity index (χ1v) is 16.7. The van der Waals surface area contributed by atoms with E-state index < -0.39 is 39.1 Å². The monoisotopic (exact) mass is 700 g/mol. The predicted molar refractivity (Wildman–Crippen MR) is 175 cm³/mol. The van der Waals surface area contributed by atoms with Crippen molar-refractivity contribution in [2.45, 2.75) is 42.8 Å². The van der Waals surface area contributed by atoms with Crippen LogP contribution in [0.25, 0.3) is 11.1 Å². The molecule has 4 aromatic rings. The highest BCUT2D eigenvalue weighted by molar-refractivity contribution is 7.93. The van der Waals surface area contributed by atoms with Crippen LogP contribution in [0.2, 0.25) is 5.02 Å². The average molecular weight is 701 g/mol. The first kappa shape index (κ1) is 34.8. The van der Waals surface area contributed by atoms with E-state index in [0.29, 0.717) is 22.6 Å². The molecule has 1 atom stereocenters. The van der Waals surface area contributed by atoms with Gasteiger partial charge in [-0.15, -0.1) is 0 Å². The molecular weight excluding hydrogens is 669 g/mol. The van der Waals surface area contributed by atoms with Crippen molar-refractivity contribution in [3.63, 3.8) is 0 Å². The van der Waals surface area contributed by atoms with Crippen LogP contribution in [0.4, 0.5) is 18.9 Å². The third-order valence-electron chi connectivity index (χ3n) is 8.19. The number of carbonyl (C=O) groups excluding carboxylic acids is 2. The van der Waals surface area contributed by atoms with Crippen LogP contribution in [0.1, 0.15) is 30.5 Å². The number of nitrogens with one attached hydrogen (secondary N) is 1. The van der Waals surface area contributed by atoms with Crippen molar-refractivity contribution in [3.05, 3.63) is 113 Å². The van der Waals surface area contributed by atoms with Crippen molar-refractivity contribution in [2.24, 2.45) is 0 Å². The number of fused-ring (bicyclic) bond motifs is 1. The number of methoxy groups -OCH3 is 1.